The van der Waals surface area contributed by atoms with E-state index in [1.54, 1.807) is 24.3 Å². The Morgan fingerprint density at radius 3 is 1.89 bits per heavy atom. The maximum absolute atomic E-state index is 11.9. The molecule has 0 atom stereocenters. The molecule has 1 aliphatic heterocycles. The van der Waals surface area contributed by atoms with Gasteiger partial charge in [0.1, 0.15) is 0 Å². The first-order valence-corrected chi connectivity index (χ1v) is 6.71. The number of amides is 2. The number of carbonyl (C=O) groups excluding carboxylic acids is 2. The first kappa shape index (κ1) is 14.4. The second-order valence-corrected chi connectivity index (χ2v) is 4.01. The summed E-state index contributed by atoms with van der Waals surface area (Å²) in [6.07, 6.45) is 3.03. The summed E-state index contributed by atoms with van der Waals surface area (Å²) < 4.78 is 0. The van der Waals surface area contributed by atoms with Crippen molar-refractivity contribution in [2.24, 2.45) is 0 Å². The number of hydrogen-bond donors (Lipinski definition) is 0. The lowest BCUT2D eigenvalue weighted by Gasteiger charge is -2.12. The van der Waals surface area contributed by atoms with Gasteiger partial charge in [0, 0.05) is 6.54 Å². The molecule has 0 bridgehead atoms. The van der Waals surface area contributed by atoms with Crippen LogP contribution in [0.15, 0.2) is 24.3 Å². The largest absolute Gasteiger partial charge is 0.274 e. The molecule has 0 radical (unpaired) electrons. The van der Waals surface area contributed by atoms with Crippen LogP contribution in [0.1, 0.15) is 60.7 Å². The molecule has 3 nitrogen and oxygen atoms in total. The van der Waals surface area contributed by atoms with Crippen molar-refractivity contribution in [3.8, 4) is 0 Å². The Hall–Kier alpha value is -1.64. The van der Waals surface area contributed by atoms with Crippen LogP contribution in [0.5, 0.6) is 0 Å². The summed E-state index contributed by atoms with van der Waals surface area (Å²) in [6, 6.07) is 7.02. The van der Waals surface area contributed by atoms with E-state index >= 15 is 0 Å². The fourth-order valence-corrected chi connectivity index (χ4v) is 1.96. The molecule has 1 aliphatic rings. The molecule has 0 fully saturated rings. The lowest BCUT2D eigenvalue weighted by atomic mass is 10.1. The molecule has 3 heteroatoms. The molecular formula is C15H21NO2. The molecule has 2 rings (SSSR count). The summed E-state index contributed by atoms with van der Waals surface area (Å²) in [7, 11) is 0. The number of benzene rings is 1. The van der Waals surface area contributed by atoms with Gasteiger partial charge in [-0.15, -0.1) is 0 Å². The Kier molecular flexibility index (Phi) is 5.56. The highest BCUT2D eigenvalue weighted by Gasteiger charge is 2.34. The van der Waals surface area contributed by atoms with Crippen LogP contribution in [0.2, 0.25) is 0 Å². The van der Waals surface area contributed by atoms with Crippen LogP contribution in [-0.2, 0) is 0 Å². The molecule has 98 valence electrons. The van der Waals surface area contributed by atoms with E-state index in [1.807, 2.05) is 13.8 Å². The van der Waals surface area contributed by atoms with Gasteiger partial charge in [-0.3, -0.25) is 14.5 Å². The van der Waals surface area contributed by atoms with Crippen LogP contribution in [0.25, 0.3) is 0 Å². The van der Waals surface area contributed by atoms with Gasteiger partial charge in [0.2, 0.25) is 0 Å². The van der Waals surface area contributed by atoms with Crippen molar-refractivity contribution in [1.29, 1.82) is 0 Å². The SMILES string of the molecule is CC.CCCCCN1C(=O)c2ccccc2C1=O. The van der Waals surface area contributed by atoms with Crippen molar-refractivity contribution in [2.45, 2.75) is 40.0 Å². The van der Waals surface area contributed by atoms with Crippen molar-refractivity contribution in [3.63, 3.8) is 0 Å². The van der Waals surface area contributed by atoms with Gasteiger partial charge in [0.05, 0.1) is 11.1 Å². The van der Waals surface area contributed by atoms with E-state index < -0.39 is 0 Å². The van der Waals surface area contributed by atoms with Gasteiger partial charge in [-0.05, 0) is 18.6 Å². The van der Waals surface area contributed by atoms with Crippen molar-refractivity contribution in [3.05, 3.63) is 35.4 Å². The van der Waals surface area contributed by atoms with Crippen molar-refractivity contribution < 1.29 is 9.59 Å². The van der Waals surface area contributed by atoms with E-state index in [4.69, 9.17) is 0 Å². The predicted octanol–water partition coefficient (Wildman–Crippen LogP) is 3.50. The number of imide groups is 1. The monoisotopic (exact) mass is 247 g/mol. The fourth-order valence-electron chi connectivity index (χ4n) is 1.96. The van der Waals surface area contributed by atoms with Gasteiger partial charge in [0.15, 0.2) is 0 Å². The molecule has 0 N–H and O–H groups in total. The maximum atomic E-state index is 11.9. The second kappa shape index (κ2) is 6.94. The summed E-state index contributed by atoms with van der Waals surface area (Å²) in [5, 5.41) is 0. The summed E-state index contributed by atoms with van der Waals surface area (Å²) in [6.45, 7) is 6.64. The molecule has 1 aromatic rings. The van der Waals surface area contributed by atoms with Crippen LogP contribution in [0.3, 0.4) is 0 Å². The molecule has 0 saturated carbocycles. The zero-order valence-corrected chi connectivity index (χ0v) is 11.4. The van der Waals surface area contributed by atoms with E-state index in [1.165, 1.54) is 4.90 Å². The quantitative estimate of drug-likeness (QED) is 0.603. The van der Waals surface area contributed by atoms with E-state index in [2.05, 4.69) is 6.92 Å². The van der Waals surface area contributed by atoms with Crippen molar-refractivity contribution >= 4 is 11.8 Å². The molecule has 0 aromatic heterocycles. The highest BCUT2D eigenvalue weighted by molar-refractivity contribution is 6.21. The van der Waals surface area contributed by atoms with Gasteiger partial charge in [-0.1, -0.05) is 45.7 Å². The average molecular weight is 247 g/mol. The Morgan fingerprint density at radius 2 is 1.44 bits per heavy atom. The third-order valence-electron chi connectivity index (χ3n) is 2.86. The zero-order chi connectivity index (χ0) is 13.5. The van der Waals surface area contributed by atoms with Gasteiger partial charge in [-0.25, -0.2) is 0 Å². The lowest BCUT2D eigenvalue weighted by molar-refractivity contribution is 0.0651. The maximum Gasteiger partial charge on any atom is 0.261 e. The summed E-state index contributed by atoms with van der Waals surface area (Å²) in [4.78, 5) is 25.2. The number of carbonyl (C=O) groups is 2. The van der Waals surface area contributed by atoms with Crippen LogP contribution < -0.4 is 0 Å². The van der Waals surface area contributed by atoms with E-state index in [0.717, 1.165) is 19.3 Å². The fraction of sp³-hybridized carbons (Fsp3) is 0.467. The molecule has 0 saturated heterocycles. The van der Waals surface area contributed by atoms with Crippen molar-refractivity contribution in [2.75, 3.05) is 6.54 Å². The Balaban J connectivity index is 0.000000771. The standard InChI is InChI=1S/C13H15NO2.C2H6/c1-2-3-6-9-14-12(15)10-7-4-5-8-11(10)13(14)16;1-2/h4-5,7-8H,2-3,6,9H2,1H3;1-2H3. The van der Waals surface area contributed by atoms with Gasteiger partial charge < -0.3 is 0 Å². The predicted molar refractivity (Wildman–Crippen MR) is 72.7 cm³/mol. The minimum Gasteiger partial charge on any atom is -0.274 e. The van der Waals surface area contributed by atoms with Gasteiger partial charge in [0.25, 0.3) is 11.8 Å². The highest BCUT2D eigenvalue weighted by atomic mass is 16.2. The van der Waals surface area contributed by atoms with Crippen LogP contribution in [0.4, 0.5) is 0 Å². The molecule has 1 heterocycles. The minimum atomic E-state index is -0.142. The van der Waals surface area contributed by atoms with Crippen LogP contribution in [0, 0.1) is 0 Å². The smallest absolute Gasteiger partial charge is 0.261 e. The molecule has 1 aromatic carbocycles. The topological polar surface area (TPSA) is 37.4 Å². The lowest BCUT2D eigenvalue weighted by Crippen LogP contribution is -2.30. The Labute approximate surface area is 109 Å². The number of unbranched alkanes of at least 4 members (excludes halogenated alkanes) is 2. The summed E-state index contributed by atoms with van der Waals surface area (Å²) in [5.41, 5.74) is 1.09. The molecule has 0 unspecified atom stereocenters. The second-order valence-electron chi connectivity index (χ2n) is 4.01. The van der Waals surface area contributed by atoms with E-state index in [0.29, 0.717) is 17.7 Å². The van der Waals surface area contributed by atoms with Gasteiger partial charge >= 0.3 is 0 Å². The van der Waals surface area contributed by atoms with Crippen LogP contribution >= 0.6 is 0 Å². The molecule has 2 amide bonds. The number of nitrogens with zero attached hydrogens (tertiary/aromatic N) is 1. The molecular weight excluding hydrogens is 226 g/mol. The highest BCUT2D eigenvalue weighted by Crippen LogP contribution is 2.22. The summed E-state index contributed by atoms with van der Waals surface area (Å²) in [5.74, 6) is -0.284. The van der Waals surface area contributed by atoms with Crippen LogP contribution in [-0.4, -0.2) is 23.3 Å². The average Bonchev–Trinajstić information content (AvgIpc) is 2.67. The molecule has 18 heavy (non-hydrogen) atoms. The Morgan fingerprint density at radius 1 is 0.944 bits per heavy atom. The first-order valence-electron chi connectivity index (χ1n) is 6.71. The zero-order valence-electron chi connectivity index (χ0n) is 11.4. The minimum absolute atomic E-state index is 0.142. The van der Waals surface area contributed by atoms with Gasteiger partial charge in [-0.2, -0.15) is 0 Å². The molecule has 0 spiro atoms. The Bertz CT molecular complexity index is 391. The number of fused-ring (bicyclic) bond motifs is 1. The van der Waals surface area contributed by atoms with E-state index in [-0.39, 0.29) is 11.8 Å². The number of rotatable bonds is 4. The first-order chi connectivity index (χ1) is 8.75. The third kappa shape index (κ3) is 2.78. The van der Waals surface area contributed by atoms with E-state index in [9.17, 15) is 9.59 Å². The normalized spacial score (nSPS) is 13.2. The van der Waals surface area contributed by atoms with Crippen molar-refractivity contribution in [1.82, 2.24) is 4.90 Å². The molecule has 0 aliphatic carbocycles. The third-order valence-corrected chi connectivity index (χ3v) is 2.86. The summed E-state index contributed by atoms with van der Waals surface area (Å²) >= 11 is 0. The number of hydrogen-bond acceptors (Lipinski definition) is 2.